The zero-order valence-electron chi connectivity index (χ0n) is 12.1. The van der Waals surface area contributed by atoms with Crippen molar-refractivity contribution in [2.75, 3.05) is 7.11 Å². The van der Waals surface area contributed by atoms with E-state index < -0.39 is 5.97 Å². The molecular weight excluding hydrogens is 278 g/mol. The van der Waals surface area contributed by atoms with Crippen molar-refractivity contribution in [3.05, 3.63) is 72.1 Å². The van der Waals surface area contributed by atoms with E-state index in [0.717, 1.165) is 17.0 Å². The standard InChI is InChI=1S/C17H15N3O2/c1-22-17(21)15-11-16(14-9-5-6-10-18-14)20(19-15)12-13-7-3-2-4-8-13/h2-11H,12H2,1H3. The lowest BCUT2D eigenvalue weighted by molar-refractivity contribution is 0.0593. The number of hydrogen-bond donors (Lipinski definition) is 0. The van der Waals surface area contributed by atoms with Crippen LogP contribution in [0.5, 0.6) is 0 Å². The maximum absolute atomic E-state index is 11.7. The maximum Gasteiger partial charge on any atom is 0.358 e. The number of rotatable bonds is 4. The molecule has 0 radical (unpaired) electrons. The molecule has 5 heteroatoms. The Kier molecular flexibility index (Phi) is 3.96. The number of carbonyl (C=O) groups is 1. The van der Waals surface area contributed by atoms with Gasteiger partial charge in [0.25, 0.3) is 0 Å². The highest BCUT2D eigenvalue weighted by Gasteiger charge is 2.16. The van der Waals surface area contributed by atoms with Gasteiger partial charge < -0.3 is 4.74 Å². The summed E-state index contributed by atoms with van der Waals surface area (Å²) in [5.74, 6) is -0.455. The third kappa shape index (κ3) is 2.88. The summed E-state index contributed by atoms with van der Waals surface area (Å²) in [5, 5.41) is 4.35. The molecule has 110 valence electrons. The lowest BCUT2D eigenvalue weighted by atomic mass is 10.2. The normalized spacial score (nSPS) is 10.4. The Morgan fingerprint density at radius 2 is 1.91 bits per heavy atom. The largest absolute Gasteiger partial charge is 0.464 e. The van der Waals surface area contributed by atoms with Crippen LogP contribution in [-0.2, 0) is 11.3 Å². The number of carbonyl (C=O) groups excluding carboxylic acids is 1. The van der Waals surface area contributed by atoms with Gasteiger partial charge in [0.15, 0.2) is 5.69 Å². The molecule has 0 spiro atoms. The van der Waals surface area contributed by atoms with E-state index in [1.54, 1.807) is 16.9 Å². The number of ether oxygens (including phenoxy) is 1. The van der Waals surface area contributed by atoms with E-state index >= 15 is 0 Å². The zero-order valence-corrected chi connectivity index (χ0v) is 12.1. The Hall–Kier alpha value is -2.95. The van der Waals surface area contributed by atoms with Crippen molar-refractivity contribution in [1.82, 2.24) is 14.8 Å². The predicted octanol–water partition coefficient (Wildman–Crippen LogP) is 2.78. The van der Waals surface area contributed by atoms with Crippen molar-refractivity contribution in [3.63, 3.8) is 0 Å². The van der Waals surface area contributed by atoms with Crippen molar-refractivity contribution in [2.24, 2.45) is 0 Å². The van der Waals surface area contributed by atoms with Gasteiger partial charge in [-0.1, -0.05) is 36.4 Å². The molecule has 3 rings (SSSR count). The SMILES string of the molecule is COC(=O)c1cc(-c2ccccn2)n(Cc2ccccc2)n1. The lowest BCUT2D eigenvalue weighted by Crippen LogP contribution is -2.07. The number of pyridine rings is 1. The first kappa shape index (κ1) is 14.0. The van der Waals surface area contributed by atoms with E-state index in [9.17, 15) is 4.79 Å². The quantitative estimate of drug-likeness (QED) is 0.694. The van der Waals surface area contributed by atoms with Gasteiger partial charge in [-0.25, -0.2) is 4.79 Å². The third-order valence-corrected chi connectivity index (χ3v) is 3.28. The van der Waals surface area contributed by atoms with Crippen molar-refractivity contribution >= 4 is 5.97 Å². The van der Waals surface area contributed by atoms with Crippen LogP contribution in [0.25, 0.3) is 11.4 Å². The highest BCUT2D eigenvalue weighted by molar-refractivity contribution is 5.88. The number of methoxy groups -OCH3 is 1. The average molecular weight is 293 g/mol. The summed E-state index contributed by atoms with van der Waals surface area (Å²) in [5.41, 5.74) is 2.92. The number of nitrogens with zero attached hydrogens (tertiary/aromatic N) is 3. The van der Waals surface area contributed by atoms with E-state index in [4.69, 9.17) is 4.74 Å². The molecular formula is C17H15N3O2. The molecule has 0 bridgehead atoms. The van der Waals surface area contributed by atoms with Crippen molar-refractivity contribution in [1.29, 1.82) is 0 Å². The van der Waals surface area contributed by atoms with Gasteiger partial charge in [0.1, 0.15) is 0 Å². The smallest absolute Gasteiger partial charge is 0.358 e. The van der Waals surface area contributed by atoms with Crippen LogP contribution >= 0.6 is 0 Å². The van der Waals surface area contributed by atoms with Crippen LogP contribution in [0.3, 0.4) is 0 Å². The fourth-order valence-electron chi connectivity index (χ4n) is 2.22. The van der Waals surface area contributed by atoms with Crippen LogP contribution in [0.2, 0.25) is 0 Å². The summed E-state index contributed by atoms with van der Waals surface area (Å²) < 4.78 is 6.52. The predicted molar refractivity (Wildman–Crippen MR) is 82.3 cm³/mol. The fraction of sp³-hybridized carbons (Fsp3) is 0.118. The van der Waals surface area contributed by atoms with E-state index in [-0.39, 0.29) is 5.69 Å². The first-order chi connectivity index (χ1) is 10.8. The molecule has 0 N–H and O–H groups in total. The number of hydrogen-bond acceptors (Lipinski definition) is 4. The zero-order chi connectivity index (χ0) is 15.4. The molecule has 0 aliphatic rings. The van der Waals surface area contributed by atoms with E-state index in [1.807, 2.05) is 48.5 Å². The van der Waals surface area contributed by atoms with Crippen LogP contribution in [0.4, 0.5) is 0 Å². The number of benzene rings is 1. The van der Waals surface area contributed by atoms with Crippen LogP contribution in [0, 0.1) is 0 Å². The van der Waals surface area contributed by atoms with E-state index in [2.05, 4.69) is 10.1 Å². The van der Waals surface area contributed by atoms with Crippen LogP contribution < -0.4 is 0 Å². The molecule has 22 heavy (non-hydrogen) atoms. The molecule has 1 aromatic carbocycles. The topological polar surface area (TPSA) is 57.0 Å². The Balaban J connectivity index is 2.03. The first-order valence-electron chi connectivity index (χ1n) is 6.89. The van der Waals surface area contributed by atoms with Gasteiger partial charge in [0, 0.05) is 12.3 Å². The Morgan fingerprint density at radius 1 is 1.14 bits per heavy atom. The first-order valence-corrected chi connectivity index (χ1v) is 6.89. The molecule has 3 aromatic rings. The van der Waals surface area contributed by atoms with Crippen LogP contribution in [-0.4, -0.2) is 27.8 Å². The Morgan fingerprint density at radius 3 is 2.59 bits per heavy atom. The van der Waals surface area contributed by atoms with Crippen LogP contribution in [0.15, 0.2) is 60.8 Å². The number of esters is 1. The minimum atomic E-state index is -0.455. The van der Waals surface area contributed by atoms with E-state index in [0.29, 0.717) is 6.54 Å². The van der Waals surface area contributed by atoms with Crippen molar-refractivity contribution in [3.8, 4) is 11.4 Å². The molecule has 0 aliphatic heterocycles. The summed E-state index contributed by atoms with van der Waals surface area (Å²) in [6.45, 7) is 0.559. The van der Waals surface area contributed by atoms with E-state index in [1.165, 1.54) is 7.11 Å². The number of aromatic nitrogens is 3. The highest BCUT2D eigenvalue weighted by Crippen LogP contribution is 2.20. The third-order valence-electron chi connectivity index (χ3n) is 3.28. The van der Waals surface area contributed by atoms with Gasteiger partial charge >= 0.3 is 5.97 Å². The lowest BCUT2D eigenvalue weighted by Gasteiger charge is -2.06. The molecule has 2 aromatic heterocycles. The molecule has 0 atom stereocenters. The van der Waals surface area contributed by atoms with Crippen molar-refractivity contribution in [2.45, 2.75) is 6.54 Å². The molecule has 0 saturated carbocycles. The van der Waals surface area contributed by atoms with Crippen molar-refractivity contribution < 1.29 is 9.53 Å². The highest BCUT2D eigenvalue weighted by atomic mass is 16.5. The maximum atomic E-state index is 11.7. The summed E-state index contributed by atoms with van der Waals surface area (Å²) >= 11 is 0. The van der Waals surface area contributed by atoms with Gasteiger partial charge in [0.05, 0.1) is 25.0 Å². The molecule has 0 saturated heterocycles. The fourth-order valence-corrected chi connectivity index (χ4v) is 2.22. The molecule has 5 nitrogen and oxygen atoms in total. The van der Waals surface area contributed by atoms with Gasteiger partial charge in [-0.2, -0.15) is 5.10 Å². The van der Waals surface area contributed by atoms with Gasteiger partial charge in [-0.15, -0.1) is 0 Å². The molecule has 0 aliphatic carbocycles. The molecule has 0 unspecified atom stereocenters. The minimum absolute atomic E-state index is 0.277. The van der Waals surface area contributed by atoms with Gasteiger partial charge in [0.2, 0.25) is 0 Å². The molecule has 0 fully saturated rings. The summed E-state index contributed by atoms with van der Waals surface area (Å²) in [6, 6.07) is 17.3. The minimum Gasteiger partial charge on any atom is -0.464 e. The Labute approximate surface area is 128 Å². The average Bonchev–Trinajstić information content (AvgIpc) is 3.00. The van der Waals surface area contributed by atoms with Gasteiger partial charge in [-0.3, -0.25) is 9.67 Å². The second-order valence-corrected chi connectivity index (χ2v) is 4.76. The molecule has 2 heterocycles. The summed E-state index contributed by atoms with van der Waals surface area (Å²) in [7, 11) is 1.35. The second-order valence-electron chi connectivity index (χ2n) is 4.76. The summed E-state index contributed by atoms with van der Waals surface area (Å²) in [4.78, 5) is 16.1. The second kappa shape index (κ2) is 6.22. The van der Waals surface area contributed by atoms with Crippen LogP contribution in [0.1, 0.15) is 16.1 Å². The van der Waals surface area contributed by atoms with Gasteiger partial charge in [-0.05, 0) is 17.7 Å². The Bertz CT molecular complexity index is 767. The molecule has 0 amide bonds. The monoisotopic (exact) mass is 293 g/mol. The summed E-state index contributed by atoms with van der Waals surface area (Å²) in [6.07, 6.45) is 1.72.